The lowest BCUT2D eigenvalue weighted by molar-refractivity contribution is 0.403. The lowest BCUT2D eigenvalue weighted by atomic mass is 10.3. The molecule has 0 fully saturated rings. The monoisotopic (exact) mass is 376 g/mol. The summed E-state index contributed by atoms with van der Waals surface area (Å²) >= 11 is 9.12. The van der Waals surface area contributed by atoms with Gasteiger partial charge in [-0.1, -0.05) is 11.6 Å². The maximum atomic E-state index is 12.4. The molecule has 0 aliphatic carbocycles. The summed E-state index contributed by atoms with van der Waals surface area (Å²) in [5.74, 6) is 0.162. The van der Waals surface area contributed by atoms with Crippen molar-refractivity contribution in [2.45, 2.75) is 4.90 Å². The largest absolute Gasteiger partial charge is 0.495 e. The Morgan fingerprint density at radius 3 is 2.75 bits per heavy atom. The van der Waals surface area contributed by atoms with Gasteiger partial charge in [-0.05, 0) is 34.1 Å². The highest BCUT2D eigenvalue weighted by atomic mass is 79.9. The summed E-state index contributed by atoms with van der Waals surface area (Å²) in [6.07, 6.45) is 2.96. The van der Waals surface area contributed by atoms with Gasteiger partial charge in [0.05, 0.1) is 24.0 Å². The zero-order valence-corrected chi connectivity index (χ0v) is 13.5. The van der Waals surface area contributed by atoms with E-state index in [2.05, 4.69) is 25.6 Å². The number of sulfonamides is 1. The van der Waals surface area contributed by atoms with Gasteiger partial charge in [0.2, 0.25) is 0 Å². The Morgan fingerprint density at radius 1 is 1.40 bits per heavy atom. The van der Waals surface area contributed by atoms with Crippen molar-refractivity contribution in [1.82, 2.24) is 4.98 Å². The number of hydrogen-bond acceptors (Lipinski definition) is 4. The molecule has 5 nitrogen and oxygen atoms in total. The van der Waals surface area contributed by atoms with Crippen LogP contribution in [0.1, 0.15) is 0 Å². The minimum absolute atomic E-state index is 0.0138. The van der Waals surface area contributed by atoms with Crippen LogP contribution in [0.5, 0.6) is 5.75 Å². The fraction of sp³-hybridized carbons (Fsp3) is 0.0833. The van der Waals surface area contributed by atoms with Gasteiger partial charge in [-0.3, -0.25) is 9.71 Å². The first kappa shape index (κ1) is 15.1. The first-order valence-electron chi connectivity index (χ1n) is 5.40. The van der Waals surface area contributed by atoms with Gasteiger partial charge in [0.25, 0.3) is 10.0 Å². The lowest BCUT2D eigenvalue weighted by Crippen LogP contribution is -2.14. The van der Waals surface area contributed by atoms with E-state index in [1.54, 1.807) is 18.3 Å². The molecule has 0 spiro atoms. The molecule has 0 unspecified atom stereocenters. The van der Waals surface area contributed by atoms with E-state index in [1.165, 1.54) is 25.4 Å². The topological polar surface area (TPSA) is 68.3 Å². The number of hydrogen-bond donors (Lipinski definition) is 1. The van der Waals surface area contributed by atoms with E-state index in [0.29, 0.717) is 15.2 Å². The van der Waals surface area contributed by atoms with Crippen LogP contribution in [-0.4, -0.2) is 20.5 Å². The molecule has 0 saturated heterocycles. The fourth-order valence-corrected chi connectivity index (χ4v) is 3.38. The van der Waals surface area contributed by atoms with Gasteiger partial charge in [-0.15, -0.1) is 0 Å². The predicted octanol–water partition coefficient (Wildman–Crippen LogP) is 3.31. The summed E-state index contributed by atoms with van der Waals surface area (Å²) < 4.78 is 32.7. The van der Waals surface area contributed by atoms with Crippen LogP contribution in [0.25, 0.3) is 0 Å². The van der Waals surface area contributed by atoms with Crippen LogP contribution in [0.3, 0.4) is 0 Å². The van der Waals surface area contributed by atoms with Crippen molar-refractivity contribution in [3.63, 3.8) is 0 Å². The van der Waals surface area contributed by atoms with E-state index in [0.717, 1.165) is 0 Å². The number of halogens is 2. The van der Waals surface area contributed by atoms with Crippen molar-refractivity contribution in [3.8, 4) is 5.75 Å². The number of nitrogens with one attached hydrogen (secondary N) is 1. The van der Waals surface area contributed by atoms with Crippen LogP contribution in [-0.2, 0) is 10.0 Å². The van der Waals surface area contributed by atoms with Crippen LogP contribution in [0.2, 0.25) is 5.02 Å². The number of anilines is 1. The molecular formula is C12H10BrClN2O3S. The number of ether oxygens (including phenoxy) is 1. The highest BCUT2D eigenvalue weighted by Crippen LogP contribution is 2.34. The Morgan fingerprint density at radius 2 is 2.15 bits per heavy atom. The van der Waals surface area contributed by atoms with Gasteiger partial charge in [0.15, 0.2) is 0 Å². The Kier molecular flexibility index (Phi) is 4.52. The van der Waals surface area contributed by atoms with Gasteiger partial charge in [-0.25, -0.2) is 8.42 Å². The molecule has 0 aliphatic heterocycles. The second-order valence-corrected chi connectivity index (χ2v) is 6.68. The molecule has 0 radical (unpaired) electrons. The Bertz CT molecular complexity index is 723. The van der Waals surface area contributed by atoms with E-state index in [-0.39, 0.29) is 10.6 Å². The third kappa shape index (κ3) is 3.23. The molecule has 1 heterocycles. The van der Waals surface area contributed by atoms with E-state index < -0.39 is 10.0 Å². The highest BCUT2D eigenvalue weighted by Gasteiger charge is 2.21. The summed E-state index contributed by atoms with van der Waals surface area (Å²) in [5, 5.41) is 0.363. The molecule has 1 aromatic carbocycles. The van der Waals surface area contributed by atoms with Gasteiger partial charge in [-0.2, -0.15) is 0 Å². The maximum Gasteiger partial charge on any atom is 0.265 e. The van der Waals surface area contributed by atoms with Gasteiger partial charge < -0.3 is 4.74 Å². The molecule has 1 aromatic heterocycles. The number of nitrogens with zero attached hydrogens (tertiary/aromatic N) is 1. The lowest BCUT2D eigenvalue weighted by Gasteiger charge is -2.12. The molecule has 0 saturated carbocycles. The van der Waals surface area contributed by atoms with E-state index in [9.17, 15) is 8.42 Å². The zero-order valence-electron chi connectivity index (χ0n) is 10.3. The number of aromatic nitrogens is 1. The molecule has 0 bridgehead atoms. The molecule has 2 aromatic rings. The standard InChI is InChI=1S/C12H10BrClN2O3S/c1-19-11-6-10(14)9(13)5-12(11)20(17,18)16-8-3-2-4-15-7-8/h2-7,16H,1H3. The smallest absolute Gasteiger partial charge is 0.265 e. The van der Waals surface area contributed by atoms with Crippen molar-refractivity contribution in [3.05, 3.63) is 46.2 Å². The van der Waals surface area contributed by atoms with Gasteiger partial charge >= 0.3 is 0 Å². The number of rotatable bonds is 4. The molecule has 0 aliphatic rings. The molecule has 20 heavy (non-hydrogen) atoms. The zero-order chi connectivity index (χ0) is 14.8. The van der Waals surface area contributed by atoms with E-state index >= 15 is 0 Å². The van der Waals surface area contributed by atoms with E-state index in [4.69, 9.17) is 16.3 Å². The number of pyridine rings is 1. The van der Waals surface area contributed by atoms with E-state index in [1.807, 2.05) is 0 Å². The van der Waals surface area contributed by atoms with Gasteiger partial charge in [0, 0.05) is 16.7 Å². The Labute approximate surface area is 130 Å². The summed E-state index contributed by atoms with van der Waals surface area (Å²) in [7, 11) is -2.42. The third-order valence-electron chi connectivity index (χ3n) is 2.41. The first-order valence-corrected chi connectivity index (χ1v) is 8.05. The van der Waals surface area contributed by atoms with Crippen LogP contribution in [0, 0.1) is 0 Å². The summed E-state index contributed by atoms with van der Waals surface area (Å²) in [5.41, 5.74) is 0.362. The first-order chi connectivity index (χ1) is 9.44. The van der Waals surface area contributed by atoms with Gasteiger partial charge in [0.1, 0.15) is 10.6 Å². The van der Waals surface area contributed by atoms with Crippen molar-refractivity contribution in [1.29, 1.82) is 0 Å². The second kappa shape index (κ2) is 5.99. The average molecular weight is 378 g/mol. The van der Waals surface area contributed by atoms with Crippen molar-refractivity contribution >= 4 is 43.2 Å². The molecule has 0 atom stereocenters. The maximum absolute atomic E-state index is 12.4. The van der Waals surface area contributed by atoms with Crippen LogP contribution < -0.4 is 9.46 Å². The fourth-order valence-electron chi connectivity index (χ4n) is 1.51. The molecule has 2 rings (SSSR count). The number of benzene rings is 1. The molecule has 106 valence electrons. The SMILES string of the molecule is COc1cc(Cl)c(Br)cc1S(=O)(=O)Nc1cccnc1. The summed E-state index contributed by atoms with van der Waals surface area (Å²) in [6, 6.07) is 6.05. The average Bonchev–Trinajstić information content (AvgIpc) is 2.42. The Balaban J connectivity index is 2.47. The Hall–Kier alpha value is -1.31. The second-order valence-electron chi connectivity index (χ2n) is 3.76. The molecule has 1 N–H and O–H groups in total. The van der Waals surface area contributed by atoms with Crippen LogP contribution in [0.4, 0.5) is 5.69 Å². The molecule has 8 heteroatoms. The van der Waals surface area contributed by atoms with Crippen molar-refractivity contribution < 1.29 is 13.2 Å². The third-order valence-corrected chi connectivity index (χ3v) is 5.01. The quantitative estimate of drug-likeness (QED) is 0.887. The van der Waals surface area contributed by atoms with Crippen LogP contribution >= 0.6 is 27.5 Å². The molecular weight excluding hydrogens is 368 g/mol. The number of methoxy groups -OCH3 is 1. The minimum atomic E-state index is -3.80. The van der Waals surface area contributed by atoms with Crippen molar-refractivity contribution in [2.75, 3.05) is 11.8 Å². The minimum Gasteiger partial charge on any atom is -0.495 e. The molecule has 0 amide bonds. The normalized spacial score (nSPS) is 11.2. The summed E-state index contributed by atoms with van der Waals surface area (Å²) in [6.45, 7) is 0. The van der Waals surface area contributed by atoms with Crippen molar-refractivity contribution in [2.24, 2.45) is 0 Å². The van der Waals surface area contributed by atoms with Crippen LogP contribution in [0.15, 0.2) is 46.0 Å². The highest BCUT2D eigenvalue weighted by molar-refractivity contribution is 9.10. The predicted molar refractivity (Wildman–Crippen MR) is 80.7 cm³/mol. The summed E-state index contributed by atoms with van der Waals surface area (Å²) in [4.78, 5) is 3.83.